The van der Waals surface area contributed by atoms with Gasteiger partial charge in [0.1, 0.15) is 5.82 Å². The Bertz CT molecular complexity index is 1040. The number of hydrogen-bond donors (Lipinski definition) is 4. The first-order valence-electron chi connectivity index (χ1n) is 9.40. The van der Waals surface area contributed by atoms with Crippen molar-refractivity contribution in [3.05, 3.63) is 46.7 Å². The molecule has 1 fully saturated rings. The molecular weight excluding hydrogens is 411 g/mol. The van der Waals surface area contributed by atoms with Gasteiger partial charge in [-0.05, 0) is 38.1 Å². The summed E-state index contributed by atoms with van der Waals surface area (Å²) in [7, 11) is 0. The first-order valence-corrected chi connectivity index (χ1v) is 10.2. The van der Waals surface area contributed by atoms with Crippen molar-refractivity contribution in [3.8, 4) is 0 Å². The zero-order valence-electron chi connectivity index (χ0n) is 16.1. The first kappa shape index (κ1) is 19.8. The number of urea groups is 1. The van der Waals surface area contributed by atoms with Crippen LogP contribution in [-0.4, -0.2) is 41.2 Å². The molecule has 9 heteroatoms. The number of carbonyl (C=O) groups is 1. The number of rotatable bonds is 3. The molecule has 2 aromatic heterocycles. The van der Waals surface area contributed by atoms with E-state index in [-0.39, 0.29) is 6.03 Å². The van der Waals surface area contributed by atoms with Gasteiger partial charge in [0.15, 0.2) is 0 Å². The summed E-state index contributed by atoms with van der Waals surface area (Å²) in [5.74, 6) is 0.726. The Morgan fingerprint density at radius 1 is 1.17 bits per heavy atom. The van der Waals surface area contributed by atoms with Gasteiger partial charge in [-0.3, -0.25) is 0 Å². The molecule has 1 aliphatic heterocycles. The molecular formula is C20H22Cl2N6O. The highest BCUT2D eigenvalue weighted by atomic mass is 35.5. The molecule has 1 saturated heterocycles. The maximum Gasteiger partial charge on any atom is 0.323 e. The molecule has 0 radical (unpaired) electrons. The number of amides is 2. The lowest BCUT2D eigenvalue weighted by molar-refractivity contribution is 0.262. The van der Waals surface area contributed by atoms with Crippen LogP contribution >= 0.6 is 23.2 Å². The Kier molecular flexibility index (Phi) is 5.54. The number of aromatic amines is 1. The van der Waals surface area contributed by atoms with Crippen molar-refractivity contribution in [1.29, 1.82) is 0 Å². The van der Waals surface area contributed by atoms with Crippen molar-refractivity contribution >= 4 is 57.3 Å². The highest BCUT2D eigenvalue weighted by Crippen LogP contribution is 2.29. The van der Waals surface area contributed by atoms with E-state index in [1.807, 2.05) is 6.07 Å². The molecule has 0 bridgehead atoms. The fraction of sp³-hybridized carbons (Fsp3) is 0.300. The summed E-state index contributed by atoms with van der Waals surface area (Å²) in [4.78, 5) is 22.2. The van der Waals surface area contributed by atoms with Gasteiger partial charge in [-0.15, -0.1) is 0 Å². The van der Waals surface area contributed by atoms with Crippen LogP contribution in [0.5, 0.6) is 0 Å². The average molecular weight is 433 g/mol. The summed E-state index contributed by atoms with van der Waals surface area (Å²) < 4.78 is 0. The van der Waals surface area contributed by atoms with Gasteiger partial charge in [-0.2, -0.15) is 0 Å². The van der Waals surface area contributed by atoms with Gasteiger partial charge in [0.25, 0.3) is 0 Å². The zero-order chi connectivity index (χ0) is 20.5. The van der Waals surface area contributed by atoms with E-state index >= 15 is 0 Å². The number of halogens is 2. The van der Waals surface area contributed by atoms with E-state index in [9.17, 15) is 4.79 Å². The number of nitrogens with zero attached hydrogens (tertiary/aromatic N) is 2. The molecule has 0 aliphatic carbocycles. The quantitative estimate of drug-likeness (QED) is 0.483. The van der Waals surface area contributed by atoms with Crippen LogP contribution in [0.15, 0.2) is 36.7 Å². The number of piperazine rings is 1. The second-order valence-electron chi connectivity index (χ2n) is 7.37. The normalized spacial score (nSPS) is 19.4. The molecule has 4 N–H and O–H groups in total. The van der Waals surface area contributed by atoms with E-state index in [1.54, 1.807) is 30.6 Å². The molecule has 0 unspecified atom stereocenters. The number of carbonyl (C=O) groups excluding carboxylic acids is 1. The van der Waals surface area contributed by atoms with Crippen LogP contribution < -0.4 is 20.9 Å². The maximum absolute atomic E-state index is 12.4. The number of anilines is 3. The summed E-state index contributed by atoms with van der Waals surface area (Å²) in [6.07, 6.45) is 3.34. The van der Waals surface area contributed by atoms with Crippen molar-refractivity contribution in [2.45, 2.75) is 25.9 Å². The summed E-state index contributed by atoms with van der Waals surface area (Å²) in [5, 5.41) is 11.0. The zero-order valence-corrected chi connectivity index (χ0v) is 17.6. The van der Waals surface area contributed by atoms with Crippen molar-refractivity contribution in [1.82, 2.24) is 15.3 Å². The predicted molar refractivity (Wildman–Crippen MR) is 119 cm³/mol. The van der Waals surface area contributed by atoms with E-state index in [2.05, 4.69) is 44.7 Å². The van der Waals surface area contributed by atoms with Crippen molar-refractivity contribution in [3.63, 3.8) is 0 Å². The Labute approximate surface area is 178 Å². The van der Waals surface area contributed by atoms with Gasteiger partial charge in [-0.25, -0.2) is 9.78 Å². The van der Waals surface area contributed by atoms with Crippen LogP contribution in [0.1, 0.15) is 13.8 Å². The molecule has 3 heterocycles. The lowest BCUT2D eigenvalue weighted by atomic mass is 10.1. The number of H-pyrrole nitrogens is 1. The van der Waals surface area contributed by atoms with Crippen LogP contribution in [0.3, 0.4) is 0 Å². The molecule has 1 aliphatic rings. The molecule has 1 aromatic carbocycles. The highest BCUT2D eigenvalue weighted by Gasteiger charge is 2.23. The third kappa shape index (κ3) is 4.42. The predicted octanol–water partition coefficient (Wildman–Crippen LogP) is 4.70. The van der Waals surface area contributed by atoms with Crippen molar-refractivity contribution in [2.24, 2.45) is 0 Å². The summed E-state index contributed by atoms with van der Waals surface area (Å²) in [6, 6.07) is 7.48. The minimum atomic E-state index is -0.388. The number of fused-ring (bicyclic) bond motifs is 1. The standard InChI is InChI=1S/C20H22Cl2N6O/c1-11-9-28(10-12(2)25-11)19-16(22)6-14(7-24-19)26-20(29)27-18-8-23-17-4-3-13(21)5-15(17)18/h3-8,11-12,23,25H,9-10H2,1-2H3,(H2,26,27,29)/t11-,12-/m0/s1. The number of nitrogens with one attached hydrogen (secondary N) is 4. The average Bonchev–Trinajstić information content (AvgIpc) is 3.03. The summed E-state index contributed by atoms with van der Waals surface area (Å²) in [5.41, 5.74) is 2.04. The number of aromatic nitrogens is 2. The van der Waals surface area contributed by atoms with Crippen LogP contribution in [0.25, 0.3) is 10.9 Å². The van der Waals surface area contributed by atoms with Crippen LogP contribution in [0.2, 0.25) is 10.0 Å². The van der Waals surface area contributed by atoms with E-state index in [1.165, 1.54) is 0 Å². The minimum Gasteiger partial charge on any atom is -0.359 e. The van der Waals surface area contributed by atoms with E-state index < -0.39 is 0 Å². The smallest absolute Gasteiger partial charge is 0.323 e. The monoisotopic (exact) mass is 432 g/mol. The van der Waals surface area contributed by atoms with Crippen LogP contribution in [0.4, 0.5) is 22.0 Å². The van der Waals surface area contributed by atoms with Gasteiger partial charge in [0.2, 0.25) is 0 Å². The molecule has 4 rings (SSSR count). The highest BCUT2D eigenvalue weighted by molar-refractivity contribution is 6.33. The fourth-order valence-corrected chi connectivity index (χ4v) is 4.17. The molecule has 29 heavy (non-hydrogen) atoms. The molecule has 3 aromatic rings. The van der Waals surface area contributed by atoms with E-state index in [0.29, 0.717) is 33.5 Å². The molecule has 0 spiro atoms. The van der Waals surface area contributed by atoms with Crippen LogP contribution in [0, 0.1) is 0 Å². The third-order valence-electron chi connectivity index (χ3n) is 4.83. The van der Waals surface area contributed by atoms with Gasteiger partial charge in [0.05, 0.1) is 22.6 Å². The maximum atomic E-state index is 12.4. The van der Waals surface area contributed by atoms with Gasteiger partial charge < -0.3 is 25.8 Å². The Morgan fingerprint density at radius 3 is 2.66 bits per heavy atom. The molecule has 2 atom stereocenters. The van der Waals surface area contributed by atoms with Gasteiger partial charge in [-0.1, -0.05) is 23.2 Å². The Hall–Kier alpha value is -2.48. The molecule has 152 valence electrons. The topological polar surface area (TPSA) is 85.1 Å². The van der Waals surface area contributed by atoms with Gasteiger partial charge >= 0.3 is 6.03 Å². The fourth-order valence-electron chi connectivity index (χ4n) is 3.71. The molecule has 7 nitrogen and oxygen atoms in total. The summed E-state index contributed by atoms with van der Waals surface area (Å²) >= 11 is 12.5. The lowest BCUT2D eigenvalue weighted by Gasteiger charge is -2.37. The number of pyridine rings is 1. The molecule has 2 amide bonds. The first-order chi connectivity index (χ1) is 13.9. The van der Waals surface area contributed by atoms with E-state index in [0.717, 1.165) is 29.8 Å². The Morgan fingerprint density at radius 2 is 1.93 bits per heavy atom. The third-order valence-corrected chi connectivity index (χ3v) is 5.34. The summed E-state index contributed by atoms with van der Waals surface area (Å²) in [6.45, 7) is 5.92. The lowest BCUT2D eigenvalue weighted by Crippen LogP contribution is -2.54. The Balaban J connectivity index is 1.46. The SMILES string of the molecule is C[C@H]1CN(c2ncc(NC(=O)Nc3c[nH]c4ccc(Cl)cc34)cc2Cl)C[C@H](C)N1. The van der Waals surface area contributed by atoms with Crippen LogP contribution in [-0.2, 0) is 0 Å². The van der Waals surface area contributed by atoms with Crippen molar-refractivity contribution in [2.75, 3.05) is 28.6 Å². The molecule has 0 saturated carbocycles. The second-order valence-corrected chi connectivity index (χ2v) is 8.22. The van der Waals surface area contributed by atoms with E-state index in [4.69, 9.17) is 23.2 Å². The second kappa shape index (κ2) is 8.10. The largest absolute Gasteiger partial charge is 0.359 e. The number of hydrogen-bond acceptors (Lipinski definition) is 4. The minimum absolute atomic E-state index is 0.352. The van der Waals surface area contributed by atoms with Crippen molar-refractivity contribution < 1.29 is 4.79 Å². The number of benzene rings is 1. The van der Waals surface area contributed by atoms with Gasteiger partial charge in [0, 0.05) is 47.3 Å².